The van der Waals surface area contributed by atoms with Crippen molar-refractivity contribution in [2.24, 2.45) is 0 Å². The maximum atomic E-state index is 12.8. The van der Waals surface area contributed by atoms with Crippen LogP contribution in [-0.4, -0.2) is 12.1 Å². The molecule has 9 heteroatoms. The molecule has 0 heterocycles. The number of hydrogen-bond donors (Lipinski definition) is 0. The van der Waals surface area contributed by atoms with E-state index in [2.05, 4.69) is 20.7 Å². The third-order valence-electron chi connectivity index (χ3n) is 2.21. The number of carbonyl (C=O) groups excluding carboxylic acids is 1. The Bertz CT molecular complexity index is 509. The Kier molecular flexibility index (Phi) is 4.73. The fraction of sp³-hybridized carbons (Fsp3) is 0.364. The molecule has 0 saturated carbocycles. The van der Waals surface area contributed by atoms with Crippen molar-refractivity contribution in [1.82, 2.24) is 0 Å². The van der Waals surface area contributed by atoms with E-state index in [1.807, 2.05) is 0 Å². The molecule has 0 bridgehead atoms. The smallest absolute Gasteiger partial charge is 0.405 e. The number of alkyl halides is 7. The molecule has 20 heavy (non-hydrogen) atoms. The standard InChI is InChI=1S/C11H7BrF6O2/c1-5(19)9(12)8-6(10(13,14)15)3-2-4-7(8)20-11(16,17)18/h2-4,9H,1H3. The summed E-state index contributed by atoms with van der Waals surface area (Å²) in [4.78, 5) is 9.63. The van der Waals surface area contributed by atoms with Crippen molar-refractivity contribution in [3.8, 4) is 5.75 Å². The molecule has 0 radical (unpaired) electrons. The van der Waals surface area contributed by atoms with Crippen molar-refractivity contribution in [2.75, 3.05) is 0 Å². The lowest BCUT2D eigenvalue weighted by molar-refractivity contribution is -0.275. The van der Waals surface area contributed by atoms with Gasteiger partial charge in [-0.1, -0.05) is 22.0 Å². The van der Waals surface area contributed by atoms with E-state index < -0.39 is 40.0 Å². The Morgan fingerprint density at radius 2 is 1.75 bits per heavy atom. The van der Waals surface area contributed by atoms with Crippen LogP contribution in [0.2, 0.25) is 0 Å². The van der Waals surface area contributed by atoms with Gasteiger partial charge < -0.3 is 4.74 Å². The summed E-state index contributed by atoms with van der Waals surface area (Å²) in [5.41, 5.74) is -2.26. The lowest BCUT2D eigenvalue weighted by Crippen LogP contribution is -2.21. The molecule has 1 atom stereocenters. The third kappa shape index (κ3) is 4.12. The molecule has 112 valence electrons. The average molecular weight is 365 g/mol. The van der Waals surface area contributed by atoms with E-state index in [0.717, 1.165) is 19.1 Å². The first-order valence-corrected chi connectivity index (χ1v) is 5.95. The van der Waals surface area contributed by atoms with Crippen LogP contribution in [0.3, 0.4) is 0 Å². The first-order chi connectivity index (χ1) is 8.93. The number of benzene rings is 1. The fourth-order valence-electron chi connectivity index (χ4n) is 1.47. The molecular weight excluding hydrogens is 358 g/mol. The molecule has 1 aromatic rings. The number of hydrogen-bond acceptors (Lipinski definition) is 2. The number of Topliss-reactive ketones (excluding diaryl/α,β-unsaturated/α-hetero) is 1. The molecule has 0 fully saturated rings. The highest BCUT2D eigenvalue weighted by Crippen LogP contribution is 2.43. The third-order valence-corrected chi connectivity index (χ3v) is 3.31. The Balaban J connectivity index is 3.49. The lowest BCUT2D eigenvalue weighted by Gasteiger charge is -2.20. The highest BCUT2D eigenvalue weighted by Gasteiger charge is 2.40. The molecule has 0 amide bonds. The van der Waals surface area contributed by atoms with Crippen molar-refractivity contribution in [1.29, 1.82) is 0 Å². The van der Waals surface area contributed by atoms with Crippen LogP contribution in [-0.2, 0) is 11.0 Å². The van der Waals surface area contributed by atoms with Gasteiger partial charge in [0.05, 0.1) is 5.56 Å². The van der Waals surface area contributed by atoms with Gasteiger partial charge in [0.1, 0.15) is 16.4 Å². The van der Waals surface area contributed by atoms with Crippen molar-refractivity contribution < 1.29 is 35.9 Å². The van der Waals surface area contributed by atoms with Crippen LogP contribution in [0.4, 0.5) is 26.3 Å². The van der Waals surface area contributed by atoms with Crippen molar-refractivity contribution in [3.63, 3.8) is 0 Å². The predicted molar refractivity (Wildman–Crippen MR) is 60.5 cm³/mol. The monoisotopic (exact) mass is 364 g/mol. The second-order valence-corrected chi connectivity index (χ2v) is 4.65. The van der Waals surface area contributed by atoms with E-state index >= 15 is 0 Å². The number of carbonyl (C=O) groups is 1. The Morgan fingerprint density at radius 3 is 2.15 bits per heavy atom. The largest absolute Gasteiger partial charge is 0.573 e. The van der Waals surface area contributed by atoms with Gasteiger partial charge in [-0.05, 0) is 19.1 Å². The summed E-state index contributed by atoms with van der Waals surface area (Å²) >= 11 is 2.66. The first-order valence-electron chi connectivity index (χ1n) is 5.04. The zero-order valence-corrected chi connectivity index (χ0v) is 11.4. The molecule has 2 nitrogen and oxygen atoms in total. The summed E-state index contributed by atoms with van der Waals surface area (Å²) in [6.07, 6.45) is -10.1. The normalized spacial score (nSPS) is 14.0. The van der Waals surface area contributed by atoms with Gasteiger partial charge in [-0.15, -0.1) is 13.2 Å². The summed E-state index contributed by atoms with van der Waals surface area (Å²) in [7, 11) is 0. The summed E-state index contributed by atoms with van der Waals surface area (Å²) in [5.74, 6) is -1.85. The maximum absolute atomic E-state index is 12.8. The van der Waals surface area contributed by atoms with Gasteiger partial charge in [0.15, 0.2) is 0 Å². The van der Waals surface area contributed by atoms with Gasteiger partial charge in [0.25, 0.3) is 0 Å². The second-order valence-electron chi connectivity index (χ2n) is 3.74. The zero-order chi connectivity index (χ0) is 15.7. The van der Waals surface area contributed by atoms with Gasteiger partial charge >= 0.3 is 12.5 Å². The quantitative estimate of drug-likeness (QED) is 0.577. The Hall–Kier alpha value is -1.25. The topological polar surface area (TPSA) is 26.3 Å². The van der Waals surface area contributed by atoms with E-state index in [1.165, 1.54) is 0 Å². The highest BCUT2D eigenvalue weighted by molar-refractivity contribution is 9.09. The molecule has 1 unspecified atom stereocenters. The van der Waals surface area contributed by atoms with Crippen molar-refractivity contribution >= 4 is 21.7 Å². The number of rotatable bonds is 3. The Morgan fingerprint density at radius 1 is 1.20 bits per heavy atom. The lowest BCUT2D eigenvalue weighted by atomic mass is 10.0. The fourth-order valence-corrected chi connectivity index (χ4v) is 1.94. The molecule has 0 aliphatic heterocycles. The maximum Gasteiger partial charge on any atom is 0.573 e. The number of ketones is 1. The molecule has 0 aliphatic rings. The molecule has 0 N–H and O–H groups in total. The molecule has 0 saturated heterocycles. The second kappa shape index (κ2) is 5.63. The van der Waals surface area contributed by atoms with Gasteiger partial charge in [0.2, 0.25) is 0 Å². The summed E-state index contributed by atoms with van der Waals surface area (Å²) < 4.78 is 78.6. The minimum atomic E-state index is -5.16. The molecule has 0 aromatic heterocycles. The predicted octanol–water partition coefficient (Wildman–Crippen LogP) is 4.63. The van der Waals surface area contributed by atoms with E-state index in [0.29, 0.717) is 6.07 Å². The van der Waals surface area contributed by atoms with Gasteiger partial charge in [-0.2, -0.15) is 13.2 Å². The first kappa shape index (κ1) is 16.8. The van der Waals surface area contributed by atoms with Crippen LogP contribution in [0.1, 0.15) is 22.9 Å². The summed E-state index contributed by atoms with van der Waals surface area (Å²) in [5, 5.41) is 0. The van der Waals surface area contributed by atoms with Gasteiger partial charge in [-0.3, -0.25) is 4.79 Å². The number of ether oxygens (including phenoxy) is 1. The average Bonchev–Trinajstić information content (AvgIpc) is 2.24. The van der Waals surface area contributed by atoms with Crippen molar-refractivity contribution in [2.45, 2.75) is 24.3 Å². The van der Waals surface area contributed by atoms with Crippen LogP contribution >= 0.6 is 15.9 Å². The molecule has 1 aromatic carbocycles. The van der Waals surface area contributed by atoms with E-state index in [9.17, 15) is 31.1 Å². The van der Waals surface area contributed by atoms with E-state index in [-0.39, 0.29) is 0 Å². The zero-order valence-electron chi connectivity index (χ0n) is 9.77. The summed E-state index contributed by atoms with van der Waals surface area (Å²) in [6.45, 7) is 0.948. The molecule has 0 aliphatic carbocycles. The minimum Gasteiger partial charge on any atom is -0.405 e. The molecule has 1 rings (SSSR count). The van der Waals surface area contributed by atoms with Crippen LogP contribution < -0.4 is 4.74 Å². The highest BCUT2D eigenvalue weighted by atomic mass is 79.9. The van der Waals surface area contributed by atoms with Crippen LogP contribution in [0.5, 0.6) is 5.75 Å². The van der Waals surface area contributed by atoms with E-state index in [1.54, 1.807) is 0 Å². The minimum absolute atomic E-state index is 0.579. The van der Waals surface area contributed by atoms with Crippen LogP contribution in [0.15, 0.2) is 18.2 Å². The summed E-state index contributed by atoms with van der Waals surface area (Å²) in [6, 6.07) is 2.07. The van der Waals surface area contributed by atoms with Gasteiger partial charge in [0, 0.05) is 5.56 Å². The Labute approximate surface area is 117 Å². The number of halogens is 7. The van der Waals surface area contributed by atoms with Crippen molar-refractivity contribution in [3.05, 3.63) is 29.3 Å². The molecular formula is C11H7BrF6O2. The SMILES string of the molecule is CC(=O)C(Br)c1c(OC(F)(F)F)cccc1C(F)(F)F. The molecule has 0 spiro atoms. The van der Waals surface area contributed by atoms with Crippen LogP contribution in [0, 0.1) is 0 Å². The van der Waals surface area contributed by atoms with Crippen LogP contribution in [0.25, 0.3) is 0 Å². The van der Waals surface area contributed by atoms with E-state index in [4.69, 9.17) is 0 Å². The van der Waals surface area contributed by atoms with Gasteiger partial charge in [-0.25, -0.2) is 0 Å².